The van der Waals surface area contributed by atoms with Gasteiger partial charge in [0, 0.05) is 63.0 Å². The highest BCUT2D eigenvalue weighted by molar-refractivity contribution is 5.99. The van der Waals surface area contributed by atoms with Crippen LogP contribution in [0.1, 0.15) is 75.8 Å². The Labute approximate surface area is 450 Å². The van der Waals surface area contributed by atoms with Crippen LogP contribution in [0.4, 0.5) is 0 Å². The Morgan fingerprint density at radius 3 is 1.92 bits per heavy atom. The Morgan fingerprint density at radius 2 is 1.27 bits per heavy atom. The molecule has 1 saturated heterocycles. The number of para-hydroxylation sites is 1. The zero-order chi connectivity index (χ0) is 57.1. The first-order valence-corrected chi connectivity index (χ1v) is 25.6. The first-order chi connectivity index (χ1) is 37.2. The molecule has 3 aromatic rings. The van der Waals surface area contributed by atoms with E-state index in [1.807, 2.05) is 18.2 Å². The number of hydrogen-bond acceptors (Lipinski definition) is 13. The number of nitrogens with one attached hydrogen (secondary N) is 14. The van der Waals surface area contributed by atoms with Crippen LogP contribution in [0, 0.1) is 10.8 Å². The first-order valence-electron chi connectivity index (χ1n) is 25.6. The van der Waals surface area contributed by atoms with Crippen molar-refractivity contribution in [2.24, 2.45) is 22.9 Å². The van der Waals surface area contributed by atoms with Gasteiger partial charge >= 0.3 is 0 Å². The number of guanidine groups is 2. The molecule has 22 N–H and O–H groups in total. The molecule has 28 nitrogen and oxygen atoms in total. The Balaban J connectivity index is 1.79. The number of aromatic nitrogens is 1. The Bertz CT molecular complexity index is 2600. The van der Waals surface area contributed by atoms with Crippen LogP contribution in [0.25, 0.3) is 10.9 Å². The van der Waals surface area contributed by atoms with E-state index in [0.717, 1.165) is 10.9 Å². The zero-order valence-corrected chi connectivity index (χ0v) is 43.5. The Kier molecular flexibility index (Phi) is 25.3. The summed E-state index contributed by atoms with van der Waals surface area (Å²) in [4.78, 5) is 141. The molecule has 0 spiro atoms. The first kappa shape index (κ1) is 61.7. The molecule has 10 amide bonds. The van der Waals surface area contributed by atoms with Crippen molar-refractivity contribution in [2.75, 3.05) is 32.7 Å². The van der Waals surface area contributed by atoms with Crippen molar-refractivity contribution in [3.05, 3.63) is 71.9 Å². The van der Waals surface area contributed by atoms with Crippen LogP contribution in [0.15, 0.2) is 60.8 Å². The van der Waals surface area contributed by atoms with Gasteiger partial charge in [-0.1, -0.05) is 48.5 Å². The highest BCUT2D eigenvalue weighted by Crippen LogP contribution is 2.20. The molecule has 2 heterocycles. The molecule has 1 aliphatic rings. The maximum atomic E-state index is 14.7. The van der Waals surface area contributed by atoms with Gasteiger partial charge in [-0.3, -0.25) is 58.8 Å². The van der Waals surface area contributed by atoms with E-state index in [-0.39, 0.29) is 102 Å². The second-order valence-electron chi connectivity index (χ2n) is 18.6. The van der Waals surface area contributed by atoms with Gasteiger partial charge in [0.25, 0.3) is 0 Å². The molecule has 78 heavy (non-hydrogen) atoms. The summed E-state index contributed by atoms with van der Waals surface area (Å²) in [7, 11) is 0. The zero-order valence-electron chi connectivity index (χ0n) is 43.5. The van der Waals surface area contributed by atoms with Gasteiger partial charge in [0.05, 0.1) is 13.0 Å². The summed E-state index contributed by atoms with van der Waals surface area (Å²) >= 11 is 0. The number of carbonyl (C=O) groups is 10. The fraction of sp³-hybridized carbons (Fsp3) is 0.480. The average molecular weight is 1090 g/mol. The third-order valence-electron chi connectivity index (χ3n) is 12.4. The summed E-state index contributed by atoms with van der Waals surface area (Å²) in [6.07, 6.45) is 1.12. The molecule has 1 unspecified atom stereocenters. The maximum Gasteiger partial charge on any atom is 0.243 e. The van der Waals surface area contributed by atoms with Crippen LogP contribution in [0.5, 0.6) is 0 Å². The minimum absolute atomic E-state index is 0.00170. The molecule has 1 aromatic heterocycles. The van der Waals surface area contributed by atoms with Crippen LogP contribution in [-0.4, -0.2) is 151 Å². The topological polar surface area (TPSA) is 471 Å². The number of fused-ring (bicyclic) bond motifs is 1. The molecule has 0 radical (unpaired) electrons. The van der Waals surface area contributed by atoms with Crippen molar-refractivity contribution in [1.82, 2.24) is 63.5 Å². The van der Waals surface area contributed by atoms with Crippen molar-refractivity contribution < 1.29 is 47.9 Å². The van der Waals surface area contributed by atoms with E-state index >= 15 is 0 Å². The summed E-state index contributed by atoms with van der Waals surface area (Å²) in [5.74, 6) is -8.90. The predicted molar refractivity (Wildman–Crippen MR) is 287 cm³/mol. The maximum absolute atomic E-state index is 14.7. The molecule has 7 atom stereocenters. The van der Waals surface area contributed by atoms with E-state index in [2.05, 4.69) is 63.5 Å². The minimum atomic E-state index is -1.70. The van der Waals surface area contributed by atoms with Gasteiger partial charge in [-0.15, -0.1) is 0 Å². The van der Waals surface area contributed by atoms with Crippen molar-refractivity contribution >= 4 is 81.9 Å². The van der Waals surface area contributed by atoms with Gasteiger partial charge in [0.2, 0.25) is 59.1 Å². The highest BCUT2D eigenvalue weighted by Gasteiger charge is 2.35. The Morgan fingerprint density at radius 1 is 0.679 bits per heavy atom. The van der Waals surface area contributed by atoms with Gasteiger partial charge in [0.1, 0.15) is 42.3 Å². The third kappa shape index (κ3) is 21.4. The van der Waals surface area contributed by atoms with Crippen LogP contribution in [0.2, 0.25) is 0 Å². The molecule has 4 rings (SSSR count). The monoisotopic (exact) mass is 1090 g/mol. The fourth-order valence-corrected chi connectivity index (χ4v) is 8.41. The lowest BCUT2D eigenvalue weighted by Crippen LogP contribution is -2.61. The molecular formula is C50H74N18O10. The summed E-state index contributed by atoms with van der Waals surface area (Å²) in [5.41, 5.74) is 24.1. The molecule has 28 heteroatoms. The number of aromatic amines is 1. The smallest absolute Gasteiger partial charge is 0.243 e. The fourth-order valence-electron chi connectivity index (χ4n) is 8.41. The number of carbonyl (C=O) groups excluding carboxylic acids is 10. The van der Waals surface area contributed by atoms with Crippen molar-refractivity contribution in [3.63, 3.8) is 0 Å². The van der Waals surface area contributed by atoms with Crippen molar-refractivity contribution in [2.45, 2.75) is 120 Å². The van der Waals surface area contributed by atoms with Gasteiger partial charge in [-0.05, 0) is 68.6 Å². The molecule has 1 fully saturated rings. The quantitative estimate of drug-likeness (QED) is 0.0288. The van der Waals surface area contributed by atoms with E-state index in [4.69, 9.17) is 33.8 Å². The number of nitrogens with two attached hydrogens (primary N) is 4. The number of primary amides is 1. The molecule has 2 aromatic carbocycles. The van der Waals surface area contributed by atoms with E-state index < -0.39 is 114 Å². The molecule has 0 bridgehead atoms. The van der Waals surface area contributed by atoms with E-state index in [9.17, 15) is 47.9 Å². The lowest BCUT2D eigenvalue weighted by molar-refractivity contribution is -0.136. The Hall–Kier alpha value is -8.82. The number of benzene rings is 2. The van der Waals surface area contributed by atoms with Crippen molar-refractivity contribution in [1.29, 1.82) is 10.8 Å². The van der Waals surface area contributed by atoms with E-state index in [1.165, 1.54) is 6.92 Å². The SMILES string of the molecule is CC(=O)N[C@@H](CCCNC(=N)N)C(=O)N[C@H]1CC(=O)NCCCCC(C(N)=O)NC(=O)[C@H](Cc2c[nH]c3ccccc23)NC(=O)[C@H](CCCNC(=N)N)NC(=O)[C@@H](Cc2ccccc2)NC(=O)[C@H](CCNC(=O)CN)NC1=O. The number of amides is 10. The normalized spacial score (nSPS) is 20.6. The minimum Gasteiger partial charge on any atom is -0.370 e. The van der Waals surface area contributed by atoms with Crippen LogP contribution >= 0.6 is 0 Å². The number of rotatable bonds is 20. The van der Waals surface area contributed by atoms with E-state index in [0.29, 0.717) is 11.1 Å². The lowest BCUT2D eigenvalue weighted by Gasteiger charge is -2.28. The average Bonchev–Trinajstić information content (AvgIpc) is 3.81. The largest absolute Gasteiger partial charge is 0.370 e. The predicted octanol–water partition coefficient (Wildman–Crippen LogP) is -4.47. The second kappa shape index (κ2) is 31.9. The van der Waals surface area contributed by atoms with Gasteiger partial charge < -0.3 is 86.4 Å². The molecule has 424 valence electrons. The summed E-state index contributed by atoms with van der Waals surface area (Å²) in [5, 5.41) is 44.6. The van der Waals surface area contributed by atoms with Crippen LogP contribution < -0.4 is 81.4 Å². The van der Waals surface area contributed by atoms with Gasteiger partial charge in [0.15, 0.2) is 11.9 Å². The lowest BCUT2D eigenvalue weighted by atomic mass is 10.0. The molecule has 0 saturated carbocycles. The standard InChI is InChI=1S/C50H74N18O10/c1-28(69)62-34(16-9-20-59-49(53)54)43(73)68-39-25-40(70)57-19-8-7-15-33(42(52)72)63-47(77)38(24-30-27-61-32-14-6-5-13-31(30)32)67-44(74)35(17-10-21-60-50(55)56)64-46(76)37(23-29-11-3-2-4-12-29)66-45(75)36(65-48(39)78)18-22-58-41(71)26-51/h2-6,11-14,27,33-39,61H,7-10,15-26,51H2,1H3,(H2,52,72)(H,57,70)(H,58,71)(H,62,69)(H,63,77)(H,64,76)(H,65,78)(H,66,75)(H,67,74)(H,68,73)(H4,53,54,59)(H4,55,56,60)/t33?,34-,35-,36-,37+,38-,39-/m0/s1. The molecule has 1 aliphatic heterocycles. The molecular weight excluding hydrogens is 1010 g/mol. The van der Waals surface area contributed by atoms with Gasteiger partial charge in [-0.2, -0.15) is 0 Å². The van der Waals surface area contributed by atoms with E-state index in [1.54, 1.807) is 42.6 Å². The molecule has 0 aliphatic carbocycles. The van der Waals surface area contributed by atoms with Crippen LogP contribution in [-0.2, 0) is 60.8 Å². The van der Waals surface area contributed by atoms with Gasteiger partial charge in [-0.25, -0.2) is 0 Å². The van der Waals surface area contributed by atoms with Crippen LogP contribution in [0.3, 0.4) is 0 Å². The summed E-state index contributed by atoms with van der Waals surface area (Å²) in [6, 6.07) is 5.73. The second-order valence-corrected chi connectivity index (χ2v) is 18.6. The highest BCUT2D eigenvalue weighted by atomic mass is 16.2. The third-order valence-corrected chi connectivity index (χ3v) is 12.4. The number of H-pyrrole nitrogens is 1. The summed E-state index contributed by atoms with van der Waals surface area (Å²) in [6.45, 7) is 0.749. The summed E-state index contributed by atoms with van der Waals surface area (Å²) < 4.78 is 0. The number of hydrogen-bond donors (Lipinski definition) is 18. The van der Waals surface area contributed by atoms with Crippen molar-refractivity contribution in [3.8, 4) is 0 Å².